The molecular weight excluding hydrogens is 212 g/mol. The summed E-state index contributed by atoms with van der Waals surface area (Å²) in [6.07, 6.45) is 1.69. The van der Waals surface area contributed by atoms with Crippen LogP contribution in [0, 0.1) is 11.3 Å². The molecule has 0 amide bonds. The second kappa shape index (κ2) is 3.46. The summed E-state index contributed by atoms with van der Waals surface area (Å²) in [6, 6.07) is 12.7. The van der Waals surface area contributed by atoms with E-state index in [1.54, 1.807) is 18.3 Å². The number of fused-ring (bicyclic) bond motifs is 3. The van der Waals surface area contributed by atoms with Crippen LogP contribution in [-0.2, 0) is 0 Å². The van der Waals surface area contributed by atoms with Crippen molar-refractivity contribution in [3.8, 4) is 6.07 Å². The third kappa shape index (κ3) is 1.31. The van der Waals surface area contributed by atoms with E-state index in [1.165, 1.54) is 6.07 Å². The maximum Gasteiger partial charge on any atom is 0.188 e. The topological polar surface area (TPSA) is 56.6 Å². The van der Waals surface area contributed by atoms with Gasteiger partial charge in [-0.3, -0.25) is 4.79 Å². The second-order valence-corrected chi connectivity index (χ2v) is 3.85. The first-order valence-electron chi connectivity index (χ1n) is 5.24. The number of aromatic amines is 1. The number of hydrogen-bond acceptors (Lipinski definition) is 2. The predicted molar refractivity (Wildman–Crippen MR) is 66.8 cm³/mol. The van der Waals surface area contributed by atoms with Crippen LogP contribution in [-0.4, -0.2) is 4.98 Å². The highest BCUT2D eigenvalue weighted by molar-refractivity contribution is 6.06. The number of aromatic nitrogens is 1. The van der Waals surface area contributed by atoms with Crippen LogP contribution in [0.5, 0.6) is 0 Å². The number of hydrogen-bond donors (Lipinski definition) is 1. The van der Waals surface area contributed by atoms with Gasteiger partial charge >= 0.3 is 0 Å². The molecule has 0 bridgehead atoms. The molecule has 3 nitrogen and oxygen atoms in total. The Morgan fingerprint density at radius 2 is 2.00 bits per heavy atom. The van der Waals surface area contributed by atoms with E-state index in [0.29, 0.717) is 10.9 Å². The van der Waals surface area contributed by atoms with E-state index in [-0.39, 0.29) is 5.43 Å². The zero-order valence-electron chi connectivity index (χ0n) is 8.90. The zero-order chi connectivity index (χ0) is 11.8. The van der Waals surface area contributed by atoms with Crippen molar-refractivity contribution in [3.63, 3.8) is 0 Å². The third-order valence-corrected chi connectivity index (χ3v) is 2.90. The van der Waals surface area contributed by atoms with E-state index in [0.717, 1.165) is 16.3 Å². The lowest BCUT2D eigenvalue weighted by atomic mass is 10.0. The molecule has 2 aromatic carbocycles. The summed E-state index contributed by atoms with van der Waals surface area (Å²) in [4.78, 5) is 14.9. The highest BCUT2D eigenvalue weighted by atomic mass is 16.1. The minimum absolute atomic E-state index is 0.0283. The van der Waals surface area contributed by atoms with E-state index in [2.05, 4.69) is 11.1 Å². The Labute approximate surface area is 96.9 Å². The number of benzene rings is 2. The number of H-pyrrole nitrogens is 1. The first-order chi connectivity index (χ1) is 8.31. The fourth-order valence-corrected chi connectivity index (χ4v) is 2.12. The van der Waals surface area contributed by atoms with Gasteiger partial charge in [0, 0.05) is 11.6 Å². The van der Waals surface area contributed by atoms with E-state index < -0.39 is 0 Å². The van der Waals surface area contributed by atoms with Gasteiger partial charge in [0.1, 0.15) is 0 Å². The standard InChI is InChI=1S/C14H8N2O/c15-8-10-6-7-16-14-11(10)5-4-9-2-1-3-12(17)13(9)14/h1-7,16H. The monoisotopic (exact) mass is 220 g/mol. The molecule has 0 aliphatic carbocycles. The molecule has 1 N–H and O–H groups in total. The fraction of sp³-hybridized carbons (Fsp3) is 0. The molecule has 0 unspecified atom stereocenters. The quantitative estimate of drug-likeness (QED) is 0.592. The summed E-state index contributed by atoms with van der Waals surface area (Å²) in [5.41, 5.74) is 1.27. The first-order valence-corrected chi connectivity index (χ1v) is 5.24. The molecule has 1 heterocycles. The maximum atomic E-state index is 11.9. The van der Waals surface area contributed by atoms with Crippen molar-refractivity contribution < 1.29 is 0 Å². The summed E-state index contributed by atoms with van der Waals surface area (Å²) >= 11 is 0. The summed E-state index contributed by atoms with van der Waals surface area (Å²) < 4.78 is 0. The molecule has 0 atom stereocenters. The Hall–Kier alpha value is -2.60. The van der Waals surface area contributed by atoms with Crippen LogP contribution in [0.1, 0.15) is 5.56 Å². The molecule has 3 aromatic rings. The van der Waals surface area contributed by atoms with Gasteiger partial charge in [-0.05, 0) is 17.5 Å². The van der Waals surface area contributed by atoms with Gasteiger partial charge in [-0.25, -0.2) is 0 Å². The average molecular weight is 220 g/mol. The summed E-state index contributed by atoms with van der Waals surface area (Å²) in [5, 5.41) is 11.3. The molecule has 17 heavy (non-hydrogen) atoms. The Balaban J connectivity index is 2.67. The van der Waals surface area contributed by atoms with Gasteiger partial charge in [-0.2, -0.15) is 5.26 Å². The Morgan fingerprint density at radius 3 is 2.82 bits per heavy atom. The molecular formula is C14H8N2O. The van der Waals surface area contributed by atoms with Gasteiger partial charge in [0.2, 0.25) is 0 Å². The number of nitriles is 1. The van der Waals surface area contributed by atoms with Gasteiger partial charge in [0.15, 0.2) is 5.43 Å². The number of nitrogens with zero attached hydrogens (tertiary/aromatic N) is 1. The van der Waals surface area contributed by atoms with Gasteiger partial charge in [0.05, 0.1) is 22.5 Å². The lowest BCUT2D eigenvalue weighted by Crippen LogP contribution is -2.00. The van der Waals surface area contributed by atoms with Crippen LogP contribution >= 0.6 is 0 Å². The van der Waals surface area contributed by atoms with Gasteiger partial charge in [-0.15, -0.1) is 0 Å². The highest BCUT2D eigenvalue weighted by Crippen LogP contribution is 2.22. The van der Waals surface area contributed by atoms with Crippen LogP contribution in [0.15, 0.2) is 47.4 Å². The molecule has 0 aliphatic heterocycles. The minimum Gasteiger partial charge on any atom is -0.360 e. The van der Waals surface area contributed by atoms with E-state index in [1.807, 2.05) is 18.2 Å². The SMILES string of the molecule is N#Cc1cc[nH]c2c1ccc1cccc(=O)c12. The van der Waals surface area contributed by atoms with Crippen molar-refractivity contribution in [2.75, 3.05) is 0 Å². The largest absolute Gasteiger partial charge is 0.360 e. The predicted octanol–water partition coefficient (Wildman–Crippen LogP) is 2.55. The number of rotatable bonds is 0. The van der Waals surface area contributed by atoms with E-state index in [4.69, 9.17) is 5.26 Å². The second-order valence-electron chi connectivity index (χ2n) is 3.85. The van der Waals surface area contributed by atoms with Crippen molar-refractivity contribution in [2.24, 2.45) is 0 Å². The summed E-state index contributed by atoms with van der Waals surface area (Å²) in [6.45, 7) is 0. The van der Waals surface area contributed by atoms with Crippen molar-refractivity contribution in [1.82, 2.24) is 4.98 Å². The molecule has 0 fully saturated rings. The van der Waals surface area contributed by atoms with Crippen molar-refractivity contribution >= 4 is 21.7 Å². The Morgan fingerprint density at radius 1 is 1.12 bits per heavy atom. The van der Waals surface area contributed by atoms with Crippen molar-refractivity contribution in [1.29, 1.82) is 5.26 Å². The van der Waals surface area contributed by atoms with Gasteiger partial charge < -0.3 is 4.98 Å². The molecule has 0 radical (unpaired) electrons. The number of nitrogens with one attached hydrogen (secondary N) is 1. The van der Waals surface area contributed by atoms with Crippen molar-refractivity contribution in [3.05, 3.63) is 58.4 Å². The summed E-state index contributed by atoms with van der Waals surface area (Å²) in [7, 11) is 0. The van der Waals surface area contributed by atoms with E-state index >= 15 is 0 Å². The van der Waals surface area contributed by atoms with Crippen molar-refractivity contribution in [2.45, 2.75) is 0 Å². The van der Waals surface area contributed by atoms with E-state index in [9.17, 15) is 4.79 Å². The van der Waals surface area contributed by atoms with Crippen LogP contribution in [0.25, 0.3) is 21.7 Å². The molecule has 0 saturated carbocycles. The smallest absolute Gasteiger partial charge is 0.188 e. The fourth-order valence-electron chi connectivity index (χ4n) is 2.12. The van der Waals surface area contributed by atoms with Gasteiger partial charge in [-0.1, -0.05) is 24.3 Å². The lowest BCUT2D eigenvalue weighted by Gasteiger charge is -2.04. The molecule has 3 rings (SSSR count). The molecule has 0 spiro atoms. The van der Waals surface area contributed by atoms with Gasteiger partial charge in [0.25, 0.3) is 0 Å². The van der Waals surface area contributed by atoms with Crippen LogP contribution in [0.2, 0.25) is 0 Å². The number of pyridine rings is 1. The van der Waals surface area contributed by atoms with Crippen LogP contribution in [0.3, 0.4) is 0 Å². The summed E-state index contributed by atoms with van der Waals surface area (Å²) in [5.74, 6) is 0. The Bertz CT molecular complexity index is 825. The minimum atomic E-state index is -0.0283. The normalized spacial score (nSPS) is 10.5. The third-order valence-electron chi connectivity index (χ3n) is 2.90. The van der Waals surface area contributed by atoms with Crippen LogP contribution < -0.4 is 5.43 Å². The molecule has 80 valence electrons. The average Bonchev–Trinajstić information content (AvgIpc) is 2.37. The first kappa shape index (κ1) is 9.61. The molecule has 0 aliphatic rings. The van der Waals surface area contributed by atoms with Crippen LogP contribution in [0.4, 0.5) is 0 Å². The molecule has 3 heteroatoms. The Kier molecular flexibility index (Phi) is 1.96. The maximum absolute atomic E-state index is 11.9. The highest BCUT2D eigenvalue weighted by Gasteiger charge is 2.06. The molecule has 0 saturated heterocycles. The zero-order valence-corrected chi connectivity index (χ0v) is 8.90. The molecule has 1 aromatic heterocycles. The lowest BCUT2D eigenvalue weighted by molar-refractivity contribution is 1.40.